The quantitative estimate of drug-likeness (QED) is 0.510. The first kappa shape index (κ1) is 15.8. The SMILES string of the molecule is C/C(=N/NC(=O)C1CC1)c1nnn(-c2cccc([N+](=O)[O-])c2)c1C. The van der Waals surface area contributed by atoms with Crippen molar-refractivity contribution in [2.45, 2.75) is 26.7 Å². The summed E-state index contributed by atoms with van der Waals surface area (Å²) in [5.74, 6) is -0.0127. The summed E-state index contributed by atoms with van der Waals surface area (Å²) in [6, 6.07) is 6.13. The number of nitro groups is 1. The van der Waals surface area contributed by atoms with Gasteiger partial charge < -0.3 is 0 Å². The highest BCUT2D eigenvalue weighted by atomic mass is 16.6. The molecule has 0 atom stereocenters. The molecule has 1 aliphatic rings. The van der Waals surface area contributed by atoms with Gasteiger partial charge >= 0.3 is 0 Å². The zero-order valence-corrected chi connectivity index (χ0v) is 13.3. The van der Waals surface area contributed by atoms with Crippen LogP contribution in [0.3, 0.4) is 0 Å². The first-order valence-corrected chi connectivity index (χ1v) is 7.49. The van der Waals surface area contributed by atoms with Gasteiger partial charge in [0.1, 0.15) is 5.69 Å². The van der Waals surface area contributed by atoms with Crippen LogP contribution in [0.15, 0.2) is 29.4 Å². The molecule has 1 fully saturated rings. The van der Waals surface area contributed by atoms with Gasteiger partial charge in [-0.2, -0.15) is 5.10 Å². The maximum atomic E-state index is 11.6. The van der Waals surface area contributed by atoms with E-state index in [2.05, 4.69) is 20.8 Å². The molecule has 2 aromatic rings. The second-order valence-electron chi connectivity index (χ2n) is 5.66. The second-order valence-corrected chi connectivity index (χ2v) is 5.66. The van der Waals surface area contributed by atoms with E-state index in [1.807, 2.05) is 0 Å². The van der Waals surface area contributed by atoms with Crippen molar-refractivity contribution in [1.29, 1.82) is 0 Å². The average molecular weight is 328 g/mol. The van der Waals surface area contributed by atoms with E-state index in [1.54, 1.807) is 26.0 Å². The highest BCUT2D eigenvalue weighted by Gasteiger charge is 2.29. The number of nitrogens with zero attached hydrogens (tertiary/aromatic N) is 5. The highest BCUT2D eigenvalue weighted by Crippen LogP contribution is 2.28. The summed E-state index contributed by atoms with van der Waals surface area (Å²) in [5, 5.41) is 23.1. The fourth-order valence-corrected chi connectivity index (χ4v) is 2.28. The van der Waals surface area contributed by atoms with Crippen molar-refractivity contribution in [3.63, 3.8) is 0 Å². The monoisotopic (exact) mass is 328 g/mol. The summed E-state index contributed by atoms with van der Waals surface area (Å²) in [7, 11) is 0. The lowest BCUT2D eigenvalue weighted by Gasteiger charge is -2.04. The largest absolute Gasteiger partial charge is 0.273 e. The molecule has 3 rings (SSSR count). The lowest BCUT2D eigenvalue weighted by molar-refractivity contribution is -0.384. The summed E-state index contributed by atoms with van der Waals surface area (Å²) in [5.41, 5.74) is 4.77. The molecule has 0 aliphatic heterocycles. The van der Waals surface area contributed by atoms with Crippen LogP contribution in [0, 0.1) is 23.0 Å². The molecular formula is C15H16N6O3. The number of amides is 1. The third-order valence-electron chi connectivity index (χ3n) is 3.80. The van der Waals surface area contributed by atoms with E-state index in [4.69, 9.17) is 0 Å². The number of nitrogens with one attached hydrogen (secondary N) is 1. The Labute approximate surface area is 137 Å². The maximum Gasteiger partial charge on any atom is 0.271 e. The van der Waals surface area contributed by atoms with Crippen LogP contribution in [0.2, 0.25) is 0 Å². The molecule has 1 saturated carbocycles. The zero-order valence-electron chi connectivity index (χ0n) is 13.3. The molecule has 1 aromatic carbocycles. The van der Waals surface area contributed by atoms with Gasteiger partial charge in [-0.05, 0) is 32.8 Å². The van der Waals surface area contributed by atoms with Gasteiger partial charge in [-0.1, -0.05) is 11.3 Å². The number of carbonyl (C=O) groups is 1. The summed E-state index contributed by atoms with van der Waals surface area (Å²) in [4.78, 5) is 22.1. The molecule has 1 amide bonds. The van der Waals surface area contributed by atoms with Crippen LogP contribution < -0.4 is 5.43 Å². The Morgan fingerprint density at radius 2 is 2.21 bits per heavy atom. The number of hydrazone groups is 1. The van der Waals surface area contributed by atoms with Crippen LogP contribution in [-0.2, 0) is 4.79 Å². The Kier molecular flexibility index (Phi) is 4.07. The van der Waals surface area contributed by atoms with E-state index in [0.29, 0.717) is 22.8 Å². The Morgan fingerprint density at radius 3 is 2.88 bits per heavy atom. The number of rotatable bonds is 5. The maximum absolute atomic E-state index is 11.6. The van der Waals surface area contributed by atoms with E-state index in [9.17, 15) is 14.9 Å². The van der Waals surface area contributed by atoms with Crippen LogP contribution in [0.4, 0.5) is 5.69 Å². The lowest BCUT2D eigenvalue weighted by atomic mass is 10.2. The first-order valence-electron chi connectivity index (χ1n) is 7.49. The Morgan fingerprint density at radius 1 is 1.46 bits per heavy atom. The molecule has 0 radical (unpaired) electrons. The Hall–Kier alpha value is -3.10. The molecule has 1 heterocycles. The summed E-state index contributed by atoms with van der Waals surface area (Å²) in [6.07, 6.45) is 1.81. The lowest BCUT2D eigenvalue weighted by Crippen LogP contribution is -2.21. The molecule has 1 N–H and O–H groups in total. The van der Waals surface area contributed by atoms with Crippen molar-refractivity contribution >= 4 is 17.3 Å². The standard InChI is InChI=1S/C15H16N6O3/c1-9(16-18-15(22)11-6-7-11)14-10(2)20(19-17-14)12-4-3-5-13(8-12)21(23)24/h3-5,8,11H,6-7H2,1-2H3,(H,18,22)/b16-9-. The highest BCUT2D eigenvalue weighted by molar-refractivity contribution is 5.98. The van der Waals surface area contributed by atoms with E-state index in [0.717, 1.165) is 12.8 Å². The van der Waals surface area contributed by atoms with Gasteiger partial charge in [-0.25, -0.2) is 10.1 Å². The van der Waals surface area contributed by atoms with Crippen molar-refractivity contribution in [1.82, 2.24) is 20.4 Å². The van der Waals surface area contributed by atoms with Crippen molar-refractivity contribution < 1.29 is 9.72 Å². The number of aromatic nitrogens is 3. The molecule has 0 bridgehead atoms. The van der Waals surface area contributed by atoms with Gasteiger partial charge in [0.2, 0.25) is 5.91 Å². The van der Waals surface area contributed by atoms with Gasteiger partial charge in [0.25, 0.3) is 5.69 Å². The van der Waals surface area contributed by atoms with Gasteiger partial charge in [0, 0.05) is 18.1 Å². The summed E-state index contributed by atoms with van der Waals surface area (Å²) in [6.45, 7) is 3.51. The number of hydrogen-bond acceptors (Lipinski definition) is 6. The molecule has 124 valence electrons. The molecule has 1 aromatic heterocycles. The van der Waals surface area contributed by atoms with Gasteiger partial charge in [0.05, 0.1) is 22.0 Å². The van der Waals surface area contributed by atoms with Crippen LogP contribution in [0.25, 0.3) is 5.69 Å². The topological polar surface area (TPSA) is 115 Å². The van der Waals surface area contributed by atoms with Crippen LogP contribution in [0.5, 0.6) is 0 Å². The van der Waals surface area contributed by atoms with Crippen LogP contribution in [-0.4, -0.2) is 31.5 Å². The molecular weight excluding hydrogens is 312 g/mol. The molecule has 9 nitrogen and oxygen atoms in total. The van der Waals surface area contributed by atoms with Gasteiger partial charge in [0.15, 0.2) is 0 Å². The number of non-ortho nitro benzene ring substituents is 1. The van der Waals surface area contributed by atoms with E-state index in [1.165, 1.54) is 16.8 Å². The molecule has 0 saturated heterocycles. The first-order chi connectivity index (χ1) is 11.5. The Balaban J connectivity index is 1.85. The van der Waals surface area contributed by atoms with E-state index in [-0.39, 0.29) is 17.5 Å². The fraction of sp³-hybridized carbons (Fsp3) is 0.333. The number of carbonyl (C=O) groups excluding carboxylic acids is 1. The molecule has 0 unspecified atom stereocenters. The van der Waals surface area contributed by atoms with E-state index >= 15 is 0 Å². The fourth-order valence-electron chi connectivity index (χ4n) is 2.28. The predicted molar refractivity (Wildman–Crippen MR) is 85.8 cm³/mol. The molecule has 9 heteroatoms. The third kappa shape index (κ3) is 3.14. The second kappa shape index (κ2) is 6.19. The zero-order chi connectivity index (χ0) is 17.3. The summed E-state index contributed by atoms with van der Waals surface area (Å²) < 4.78 is 1.50. The van der Waals surface area contributed by atoms with Crippen molar-refractivity contribution in [3.05, 3.63) is 45.8 Å². The number of nitro benzene ring substituents is 1. The summed E-state index contributed by atoms with van der Waals surface area (Å²) >= 11 is 0. The third-order valence-corrected chi connectivity index (χ3v) is 3.80. The van der Waals surface area contributed by atoms with Crippen molar-refractivity contribution in [2.75, 3.05) is 0 Å². The minimum atomic E-state index is -0.462. The normalized spacial score (nSPS) is 14.5. The minimum absolute atomic E-state index is 0.0222. The van der Waals surface area contributed by atoms with Gasteiger partial charge in [-0.15, -0.1) is 5.10 Å². The number of hydrogen-bond donors (Lipinski definition) is 1. The predicted octanol–water partition coefficient (Wildman–Crippen LogP) is 1.73. The van der Waals surface area contributed by atoms with Crippen molar-refractivity contribution in [2.24, 2.45) is 11.0 Å². The minimum Gasteiger partial charge on any atom is -0.273 e. The van der Waals surface area contributed by atoms with E-state index < -0.39 is 4.92 Å². The van der Waals surface area contributed by atoms with Crippen LogP contribution in [0.1, 0.15) is 31.2 Å². The number of benzene rings is 1. The smallest absolute Gasteiger partial charge is 0.271 e. The van der Waals surface area contributed by atoms with Crippen LogP contribution >= 0.6 is 0 Å². The van der Waals surface area contributed by atoms with Gasteiger partial charge in [-0.3, -0.25) is 14.9 Å². The van der Waals surface area contributed by atoms with Crippen molar-refractivity contribution in [3.8, 4) is 5.69 Å². The molecule has 0 spiro atoms. The molecule has 1 aliphatic carbocycles. The molecule has 24 heavy (non-hydrogen) atoms. The Bertz CT molecular complexity index is 837. The average Bonchev–Trinajstić information content (AvgIpc) is 3.35.